The third kappa shape index (κ3) is 3.89. The molecule has 2 rings (SSSR count). The lowest BCUT2D eigenvalue weighted by atomic mass is 10.4. The van der Waals surface area contributed by atoms with E-state index >= 15 is 0 Å². The number of aromatic nitrogens is 2. The van der Waals surface area contributed by atoms with Crippen molar-refractivity contribution in [2.45, 2.75) is 24.5 Å². The van der Waals surface area contributed by atoms with Crippen molar-refractivity contribution in [2.75, 3.05) is 6.54 Å². The monoisotopic (exact) mass is 379 g/mol. The van der Waals surface area contributed by atoms with E-state index in [2.05, 4.69) is 25.8 Å². The van der Waals surface area contributed by atoms with Crippen molar-refractivity contribution in [3.8, 4) is 0 Å². The van der Waals surface area contributed by atoms with E-state index in [0.29, 0.717) is 28.2 Å². The van der Waals surface area contributed by atoms with Gasteiger partial charge in [0.2, 0.25) is 10.0 Å². The van der Waals surface area contributed by atoms with Gasteiger partial charge in [0, 0.05) is 30.4 Å². The van der Waals surface area contributed by atoms with Gasteiger partial charge in [0.25, 0.3) is 0 Å². The van der Waals surface area contributed by atoms with Gasteiger partial charge in [0.15, 0.2) is 0 Å². The first-order valence-corrected chi connectivity index (χ1v) is 8.98. The Hall–Kier alpha value is -0.740. The van der Waals surface area contributed by atoms with Crippen LogP contribution in [0.4, 0.5) is 0 Å². The predicted molar refractivity (Wildman–Crippen MR) is 80.0 cm³/mol. The van der Waals surface area contributed by atoms with Gasteiger partial charge in [0.1, 0.15) is 4.90 Å². The maximum atomic E-state index is 12.1. The summed E-state index contributed by atoms with van der Waals surface area (Å²) in [7, 11) is -3.55. The van der Waals surface area contributed by atoms with Gasteiger partial charge in [-0.05, 0) is 34.5 Å². The van der Waals surface area contributed by atoms with Gasteiger partial charge in [-0.2, -0.15) is 5.10 Å². The van der Waals surface area contributed by atoms with Crippen LogP contribution in [0, 0.1) is 0 Å². The van der Waals surface area contributed by atoms with Crippen LogP contribution in [0.1, 0.15) is 11.3 Å². The van der Waals surface area contributed by atoms with Crippen molar-refractivity contribution in [1.82, 2.24) is 14.5 Å². The number of hydrogen-bond acceptors (Lipinski definition) is 5. The van der Waals surface area contributed by atoms with Crippen LogP contribution in [0.3, 0.4) is 0 Å². The molecule has 2 aromatic heterocycles. The highest BCUT2D eigenvalue weighted by atomic mass is 79.9. The summed E-state index contributed by atoms with van der Waals surface area (Å²) in [6.07, 6.45) is 4.16. The molecule has 6 nitrogen and oxygen atoms in total. The van der Waals surface area contributed by atoms with E-state index in [4.69, 9.17) is 5.11 Å². The van der Waals surface area contributed by atoms with E-state index in [0.717, 1.165) is 0 Å². The summed E-state index contributed by atoms with van der Waals surface area (Å²) in [5.74, 6) is 0. The van der Waals surface area contributed by atoms with Gasteiger partial charge in [-0.25, -0.2) is 13.1 Å². The van der Waals surface area contributed by atoms with Crippen LogP contribution in [-0.2, 0) is 23.2 Å². The first-order chi connectivity index (χ1) is 9.53. The molecule has 0 aliphatic carbocycles. The fourth-order valence-corrected chi connectivity index (χ4v) is 5.23. The Balaban J connectivity index is 1.91. The van der Waals surface area contributed by atoms with Crippen molar-refractivity contribution in [3.05, 3.63) is 33.2 Å². The number of nitrogens with zero attached hydrogens (tertiary/aromatic N) is 2. The molecule has 0 aliphatic rings. The first kappa shape index (κ1) is 15.6. The van der Waals surface area contributed by atoms with Gasteiger partial charge in [0.05, 0.1) is 10.4 Å². The summed E-state index contributed by atoms with van der Waals surface area (Å²) >= 11 is 4.42. The normalized spacial score (nSPS) is 11.9. The van der Waals surface area contributed by atoms with Crippen molar-refractivity contribution in [1.29, 1.82) is 0 Å². The van der Waals surface area contributed by atoms with Gasteiger partial charge >= 0.3 is 0 Å². The molecule has 20 heavy (non-hydrogen) atoms. The highest BCUT2D eigenvalue weighted by Crippen LogP contribution is 2.31. The number of sulfonamides is 1. The lowest BCUT2D eigenvalue weighted by Gasteiger charge is -2.06. The molecule has 0 radical (unpaired) electrons. The molecule has 0 fully saturated rings. The lowest BCUT2D eigenvalue weighted by Crippen LogP contribution is -2.25. The Morgan fingerprint density at radius 3 is 2.90 bits per heavy atom. The zero-order valence-electron chi connectivity index (χ0n) is 10.5. The number of aryl methyl sites for hydroxylation is 1. The van der Waals surface area contributed by atoms with Crippen molar-refractivity contribution < 1.29 is 13.5 Å². The highest BCUT2D eigenvalue weighted by molar-refractivity contribution is 9.11. The second kappa shape index (κ2) is 6.81. The SMILES string of the molecule is O=S(=O)(NCCCn1cccn1)c1cc(CO)sc1Br. The molecule has 0 saturated heterocycles. The molecule has 0 bridgehead atoms. The zero-order chi connectivity index (χ0) is 14.6. The number of halogens is 1. The van der Waals surface area contributed by atoms with E-state index in [-0.39, 0.29) is 11.5 Å². The molecule has 0 aromatic carbocycles. The maximum absolute atomic E-state index is 12.1. The average molecular weight is 380 g/mol. The van der Waals surface area contributed by atoms with E-state index in [1.165, 1.54) is 17.4 Å². The molecule has 0 unspecified atom stereocenters. The maximum Gasteiger partial charge on any atom is 0.242 e. The Bertz CT molecular complexity index is 653. The van der Waals surface area contributed by atoms with E-state index in [9.17, 15) is 8.42 Å². The van der Waals surface area contributed by atoms with Crippen LogP contribution in [0.25, 0.3) is 0 Å². The summed E-state index contributed by atoms with van der Waals surface area (Å²) in [4.78, 5) is 0.777. The molecule has 0 spiro atoms. The molecule has 0 saturated carbocycles. The number of nitrogens with one attached hydrogen (secondary N) is 1. The molecule has 2 N–H and O–H groups in total. The van der Waals surface area contributed by atoms with Gasteiger partial charge in [-0.15, -0.1) is 11.3 Å². The molecule has 0 atom stereocenters. The Labute approximate surface area is 129 Å². The molecule has 2 aromatic rings. The molecule has 2 heterocycles. The quantitative estimate of drug-likeness (QED) is 0.715. The smallest absolute Gasteiger partial charge is 0.242 e. The summed E-state index contributed by atoms with van der Waals surface area (Å²) in [5.41, 5.74) is 0. The van der Waals surface area contributed by atoms with Crippen LogP contribution >= 0.6 is 27.3 Å². The van der Waals surface area contributed by atoms with Crippen molar-refractivity contribution in [3.63, 3.8) is 0 Å². The Morgan fingerprint density at radius 2 is 2.30 bits per heavy atom. The van der Waals surface area contributed by atoms with Crippen LogP contribution in [0.15, 0.2) is 33.2 Å². The molecule has 0 aliphatic heterocycles. The molecule has 9 heteroatoms. The number of rotatable bonds is 7. The van der Waals surface area contributed by atoms with Gasteiger partial charge < -0.3 is 5.11 Å². The minimum absolute atomic E-state index is 0.169. The van der Waals surface area contributed by atoms with Crippen LogP contribution in [0.2, 0.25) is 0 Å². The number of thiophene rings is 1. The molecular formula is C11H14BrN3O3S2. The third-order valence-electron chi connectivity index (χ3n) is 2.57. The summed E-state index contributed by atoms with van der Waals surface area (Å²) in [5, 5.41) is 13.1. The minimum Gasteiger partial charge on any atom is -0.391 e. The second-order valence-corrected chi connectivity index (χ2v) is 8.22. The summed E-state index contributed by atoms with van der Waals surface area (Å²) < 4.78 is 29.0. The zero-order valence-corrected chi connectivity index (χ0v) is 13.7. The van der Waals surface area contributed by atoms with Crippen molar-refractivity contribution in [2.24, 2.45) is 0 Å². The summed E-state index contributed by atoms with van der Waals surface area (Å²) in [6, 6.07) is 3.30. The van der Waals surface area contributed by atoms with Crippen LogP contribution < -0.4 is 4.72 Å². The summed E-state index contributed by atoms with van der Waals surface area (Å²) in [6.45, 7) is 0.819. The van der Waals surface area contributed by atoms with Gasteiger partial charge in [-0.3, -0.25) is 4.68 Å². The van der Waals surface area contributed by atoms with E-state index in [1.807, 2.05) is 12.3 Å². The lowest BCUT2D eigenvalue weighted by molar-refractivity contribution is 0.285. The number of hydrogen-bond donors (Lipinski definition) is 2. The fraction of sp³-hybridized carbons (Fsp3) is 0.364. The predicted octanol–water partition coefficient (Wildman–Crippen LogP) is 1.57. The standard InChI is InChI=1S/C11H14BrN3O3S2/c12-11-10(7-9(8-16)19-11)20(17,18)14-4-2-6-15-5-1-3-13-15/h1,3,5,7,14,16H,2,4,6,8H2. The third-order valence-corrected chi connectivity index (χ3v) is 6.26. The largest absolute Gasteiger partial charge is 0.391 e. The van der Waals surface area contributed by atoms with E-state index in [1.54, 1.807) is 10.9 Å². The molecule has 110 valence electrons. The average Bonchev–Trinajstić information content (AvgIpc) is 3.04. The molecular weight excluding hydrogens is 366 g/mol. The highest BCUT2D eigenvalue weighted by Gasteiger charge is 2.20. The Morgan fingerprint density at radius 1 is 1.50 bits per heavy atom. The molecule has 0 amide bonds. The second-order valence-electron chi connectivity index (χ2n) is 4.03. The van der Waals surface area contributed by atoms with Gasteiger partial charge in [-0.1, -0.05) is 0 Å². The van der Waals surface area contributed by atoms with Crippen molar-refractivity contribution >= 4 is 37.3 Å². The fourth-order valence-electron chi connectivity index (χ4n) is 1.62. The van der Waals surface area contributed by atoms with Crippen LogP contribution in [0.5, 0.6) is 0 Å². The number of aliphatic hydroxyl groups excluding tert-OH is 1. The Kier molecular flexibility index (Phi) is 5.33. The number of aliphatic hydroxyl groups is 1. The minimum atomic E-state index is -3.55. The topological polar surface area (TPSA) is 84.2 Å². The van der Waals surface area contributed by atoms with Crippen LogP contribution in [-0.4, -0.2) is 29.8 Å². The van der Waals surface area contributed by atoms with E-state index < -0.39 is 10.0 Å². The first-order valence-electron chi connectivity index (χ1n) is 5.89.